The molecule has 108 valence electrons. The summed E-state index contributed by atoms with van der Waals surface area (Å²) in [7, 11) is -2.09. The van der Waals surface area contributed by atoms with E-state index >= 15 is 0 Å². The monoisotopic (exact) mass is 288 g/mol. The molecule has 8 heteroatoms. The minimum Gasteiger partial charge on any atom is -0.383 e. The summed E-state index contributed by atoms with van der Waals surface area (Å²) in [5, 5.41) is 0. The molecule has 0 bridgehead atoms. The third-order valence-corrected chi connectivity index (χ3v) is 4.13. The van der Waals surface area contributed by atoms with Gasteiger partial charge in [0.15, 0.2) is 0 Å². The Morgan fingerprint density at radius 3 is 2.68 bits per heavy atom. The SMILES string of the molecule is COCC(NS(=O)(=O)c1ccnc(NN)c1)C(C)C. The Bertz CT molecular complexity index is 504. The van der Waals surface area contributed by atoms with E-state index in [0.717, 1.165) is 0 Å². The van der Waals surface area contributed by atoms with E-state index in [1.807, 2.05) is 13.8 Å². The Labute approximate surface area is 113 Å². The van der Waals surface area contributed by atoms with Crippen LogP contribution in [0.15, 0.2) is 23.2 Å². The number of anilines is 1. The largest absolute Gasteiger partial charge is 0.383 e. The number of rotatable bonds is 7. The van der Waals surface area contributed by atoms with Gasteiger partial charge in [-0.25, -0.2) is 24.0 Å². The van der Waals surface area contributed by atoms with Gasteiger partial charge in [0.25, 0.3) is 0 Å². The lowest BCUT2D eigenvalue weighted by atomic mass is 10.1. The molecule has 0 aliphatic carbocycles. The molecule has 1 atom stereocenters. The van der Waals surface area contributed by atoms with Crippen LogP contribution in [0.3, 0.4) is 0 Å². The fourth-order valence-corrected chi connectivity index (χ4v) is 2.85. The van der Waals surface area contributed by atoms with Crippen molar-refractivity contribution in [1.82, 2.24) is 9.71 Å². The summed E-state index contributed by atoms with van der Waals surface area (Å²) >= 11 is 0. The van der Waals surface area contributed by atoms with Gasteiger partial charge in [0.1, 0.15) is 5.82 Å². The number of nitrogens with one attached hydrogen (secondary N) is 2. The number of ether oxygens (including phenoxy) is 1. The zero-order valence-electron chi connectivity index (χ0n) is 11.3. The van der Waals surface area contributed by atoms with Crippen molar-refractivity contribution in [3.63, 3.8) is 0 Å². The summed E-state index contributed by atoms with van der Waals surface area (Å²) < 4.78 is 32.1. The lowest BCUT2D eigenvalue weighted by Crippen LogP contribution is -2.41. The lowest BCUT2D eigenvalue weighted by molar-refractivity contribution is 0.157. The van der Waals surface area contributed by atoms with Crippen LogP contribution >= 0.6 is 0 Å². The molecule has 0 spiro atoms. The summed E-state index contributed by atoms with van der Waals surface area (Å²) in [6.07, 6.45) is 1.38. The van der Waals surface area contributed by atoms with Gasteiger partial charge in [-0.3, -0.25) is 0 Å². The molecule has 4 N–H and O–H groups in total. The Morgan fingerprint density at radius 1 is 1.47 bits per heavy atom. The molecule has 0 aromatic carbocycles. The Kier molecular flexibility index (Phi) is 5.67. The Balaban J connectivity index is 2.96. The van der Waals surface area contributed by atoms with Gasteiger partial charge in [0.05, 0.1) is 11.5 Å². The quantitative estimate of drug-likeness (QED) is 0.493. The second-order valence-electron chi connectivity index (χ2n) is 4.45. The van der Waals surface area contributed by atoms with E-state index in [4.69, 9.17) is 10.6 Å². The first-order valence-corrected chi connectivity index (χ1v) is 7.33. The molecule has 0 saturated carbocycles. The highest BCUT2D eigenvalue weighted by Crippen LogP contribution is 2.14. The topological polar surface area (TPSA) is 106 Å². The lowest BCUT2D eigenvalue weighted by Gasteiger charge is -2.21. The molecule has 1 unspecified atom stereocenters. The summed E-state index contributed by atoms with van der Waals surface area (Å²) in [4.78, 5) is 3.98. The standard InChI is InChI=1S/C11H20N4O3S/c1-8(2)10(7-18-3)15-19(16,17)9-4-5-13-11(6-9)14-12/h4-6,8,10,15H,7,12H2,1-3H3,(H,13,14). The van der Waals surface area contributed by atoms with Crippen molar-refractivity contribution in [3.8, 4) is 0 Å². The van der Waals surface area contributed by atoms with Crippen LogP contribution in [0.5, 0.6) is 0 Å². The number of aromatic nitrogens is 1. The van der Waals surface area contributed by atoms with Crippen molar-refractivity contribution < 1.29 is 13.2 Å². The third kappa shape index (κ3) is 4.43. The maximum atomic E-state index is 12.2. The molecule has 1 aromatic rings. The van der Waals surface area contributed by atoms with Crippen LogP contribution in [-0.2, 0) is 14.8 Å². The smallest absolute Gasteiger partial charge is 0.241 e. The number of nitrogens with zero attached hydrogens (tertiary/aromatic N) is 1. The Morgan fingerprint density at radius 2 is 2.16 bits per heavy atom. The number of pyridine rings is 1. The molecule has 19 heavy (non-hydrogen) atoms. The van der Waals surface area contributed by atoms with E-state index in [1.165, 1.54) is 25.4 Å². The number of hydrogen-bond donors (Lipinski definition) is 3. The van der Waals surface area contributed by atoms with Crippen molar-refractivity contribution in [1.29, 1.82) is 0 Å². The summed E-state index contributed by atoms with van der Waals surface area (Å²) in [5.74, 6) is 5.61. The first kappa shape index (κ1) is 15.8. The summed E-state index contributed by atoms with van der Waals surface area (Å²) in [6, 6.07) is 2.48. The number of hydrazine groups is 1. The van der Waals surface area contributed by atoms with E-state index in [9.17, 15) is 8.42 Å². The summed E-state index contributed by atoms with van der Waals surface area (Å²) in [6.45, 7) is 4.15. The fourth-order valence-electron chi connectivity index (χ4n) is 1.47. The maximum absolute atomic E-state index is 12.2. The van der Waals surface area contributed by atoms with Crippen LogP contribution in [0.4, 0.5) is 5.82 Å². The van der Waals surface area contributed by atoms with E-state index < -0.39 is 10.0 Å². The average Bonchev–Trinajstić information content (AvgIpc) is 2.38. The highest BCUT2D eigenvalue weighted by atomic mass is 32.2. The minimum absolute atomic E-state index is 0.109. The zero-order chi connectivity index (χ0) is 14.5. The van der Waals surface area contributed by atoms with Gasteiger partial charge >= 0.3 is 0 Å². The molecular formula is C11H20N4O3S. The molecule has 0 aliphatic rings. The number of sulfonamides is 1. The maximum Gasteiger partial charge on any atom is 0.241 e. The van der Waals surface area contributed by atoms with E-state index in [1.54, 1.807) is 0 Å². The first-order chi connectivity index (χ1) is 8.90. The van der Waals surface area contributed by atoms with E-state index in [2.05, 4.69) is 15.1 Å². The number of methoxy groups -OCH3 is 1. The molecule has 0 fully saturated rings. The van der Waals surface area contributed by atoms with E-state index in [0.29, 0.717) is 6.61 Å². The highest BCUT2D eigenvalue weighted by Gasteiger charge is 2.22. The molecule has 1 aromatic heterocycles. The predicted octanol–water partition coefficient (Wildman–Crippen LogP) is 0.317. The first-order valence-electron chi connectivity index (χ1n) is 5.84. The third-order valence-electron chi connectivity index (χ3n) is 2.65. The molecule has 1 heterocycles. The highest BCUT2D eigenvalue weighted by molar-refractivity contribution is 7.89. The average molecular weight is 288 g/mol. The molecule has 7 nitrogen and oxygen atoms in total. The van der Waals surface area contributed by atoms with Gasteiger partial charge in [-0.05, 0) is 12.0 Å². The van der Waals surface area contributed by atoms with Crippen LogP contribution in [0.2, 0.25) is 0 Å². The van der Waals surface area contributed by atoms with Gasteiger partial charge in [-0.15, -0.1) is 0 Å². The zero-order valence-corrected chi connectivity index (χ0v) is 12.1. The van der Waals surface area contributed by atoms with Gasteiger partial charge < -0.3 is 10.2 Å². The number of hydrogen-bond acceptors (Lipinski definition) is 6. The molecular weight excluding hydrogens is 268 g/mol. The van der Waals surface area contributed by atoms with Gasteiger partial charge in [-0.1, -0.05) is 13.8 Å². The molecule has 1 rings (SSSR count). The van der Waals surface area contributed by atoms with Crippen molar-refractivity contribution in [2.75, 3.05) is 19.1 Å². The number of nitrogen functional groups attached to an aromatic ring is 1. The van der Waals surface area contributed by atoms with Crippen molar-refractivity contribution in [2.24, 2.45) is 11.8 Å². The second kappa shape index (κ2) is 6.80. The number of nitrogens with two attached hydrogens (primary N) is 1. The minimum atomic E-state index is -3.62. The molecule has 0 aliphatic heterocycles. The van der Waals surface area contributed by atoms with Crippen LogP contribution in [0.25, 0.3) is 0 Å². The van der Waals surface area contributed by atoms with Crippen LogP contribution < -0.4 is 16.0 Å². The van der Waals surface area contributed by atoms with E-state index in [-0.39, 0.29) is 22.7 Å². The van der Waals surface area contributed by atoms with Crippen LogP contribution in [0.1, 0.15) is 13.8 Å². The van der Waals surface area contributed by atoms with Gasteiger partial charge in [-0.2, -0.15) is 0 Å². The molecule has 0 amide bonds. The van der Waals surface area contributed by atoms with Crippen molar-refractivity contribution in [3.05, 3.63) is 18.3 Å². The van der Waals surface area contributed by atoms with Gasteiger partial charge in [0, 0.05) is 25.4 Å². The summed E-state index contributed by atoms with van der Waals surface area (Å²) in [5.41, 5.74) is 2.31. The van der Waals surface area contributed by atoms with Crippen LogP contribution in [-0.4, -0.2) is 33.2 Å². The van der Waals surface area contributed by atoms with Gasteiger partial charge in [0.2, 0.25) is 10.0 Å². The van der Waals surface area contributed by atoms with Crippen LogP contribution in [0, 0.1) is 5.92 Å². The Hall–Kier alpha value is -1.22. The van der Waals surface area contributed by atoms with Crippen molar-refractivity contribution >= 4 is 15.8 Å². The van der Waals surface area contributed by atoms with Crippen molar-refractivity contribution in [2.45, 2.75) is 24.8 Å². The predicted molar refractivity (Wildman–Crippen MR) is 72.9 cm³/mol. The fraction of sp³-hybridized carbons (Fsp3) is 0.545. The molecule has 0 radical (unpaired) electrons. The second-order valence-corrected chi connectivity index (χ2v) is 6.16. The normalized spacial score (nSPS) is 13.5. The molecule has 0 saturated heterocycles.